The number of carboxylic acid groups (broad SMARTS) is 1. The molecule has 122 valence electrons. The minimum atomic E-state index is -0.912. The van der Waals surface area contributed by atoms with E-state index >= 15 is 0 Å². The third kappa shape index (κ3) is 4.07. The molecule has 0 fully saturated rings. The van der Waals surface area contributed by atoms with Crippen LogP contribution in [0.25, 0.3) is 11.3 Å². The van der Waals surface area contributed by atoms with E-state index < -0.39 is 11.4 Å². The lowest BCUT2D eigenvalue weighted by Crippen LogP contribution is -2.28. The molecule has 0 radical (unpaired) electrons. The lowest BCUT2D eigenvalue weighted by atomic mass is 9.84. The Morgan fingerprint density at radius 3 is 2.35 bits per heavy atom. The molecule has 0 aliphatic rings. The van der Waals surface area contributed by atoms with Gasteiger partial charge in [-0.3, -0.25) is 9.78 Å². The molecule has 0 aliphatic carbocycles. The molecule has 1 aromatic heterocycles. The van der Waals surface area contributed by atoms with E-state index in [4.69, 9.17) is 9.47 Å². The van der Waals surface area contributed by atoms with Gasteiger partial charge in [-0.15, -0.1) is 0 Å². The fraction of sp³-hybridized carbons (Fsp3) is 0.333. The van der Waals surface area contributed by atoms with Gasteiger partial charge in [-0.25, -0.2) is 0 Å². The van der Waals surface area contributed by atoms with Crippen molar-refractivity contribution in [1.82, 2.24) is 4.98 Å². The Hall–Kier alpha value is -2.40. The number of hydrogen-bond donors (Lipinski definition) is 1. The molecular weight excluding hydrogens is 294 g/mol. The van der Waals surface area contributed by atoms with E-state index in [-0.39, 0.29) is 0 Å². The zero-order valence-electron chi connectivity index (χ0n) is 13.6. The Morgan fingerprint density at radius 2 is 1.83 bits per heavy atom. The number of nitrogens with zero attached hydrogens (tertiary/aromatic N) is 1. The second-order valence-electron chi connectivity index (χ2n) is 5.73. The number of aliphatic carboxylic acids is 1. The van der Waals surface area contributed by atoms with Gasteiger partial charge in [0.2, 0.25) is 0 Å². The van der Waals surface area contributed by atoms with Crippen LogP contribution in [-0.2, 0) is 14.9 Å². The summed E-state index contributed by atoms with van der Waals surface area (Å²) in [6, 6.07) is 11.1. The van der Waals surface area contributed by atoms with Gasteiger partial charge in [0.15, 0.2) is 0 Å². The number of aromatic nitrogens is 1. The number of rotatable bonds is 7. The van der Waals surface area contributed by atoms with Gasteiger partial charge in [0.1, 0.15) is 12.4 Å². The van der Waals surface area contributed by atoms with Gasteiger partial charge in [0.05, 0.1) is 23.9 Å². The Kier molecular flexibility index (Phi) is 5.34. The molecule has 2 rings (SSSR count). The van der Waals surface area contributed by atoms with E-state index in [2.05, 4.69) is 4.98 Å². The number of methoxy groups -OCH3 is 1. The molecule has 0 aliphatic heterocycles. The van der Waals surface area contributed by atoms with Crippen molar-refractivity contribution in [2.24, 2.45) is 0 Å². The maximum atomic E-state index is 11.3. The lowest BCUT2D eigenvalue weighted by molar-refractivity contribution is -0.142. The molecule has 1 aromatic carbocycles. The second kappa shape index (κ2) is 7.24. The molecule has 2 aromatic rings. The SMILES string of the molecule is COCCOc1ccc(-c2ccc(C(C)(C)C(=O)O)cc2)nc1. The molecule has 0 saturated carbocycles. The Bertz CT molecular complexity index is 648. The molecule has 5 nitrogen and oxygen atoms in total. The molecular formula is C18H21NO4. The smallest absolute Gasteiger partial charge is 0.313 e. The zero-order valence-corrected chi connectivity index (χ0v) is 13.6. The largest absolute Gasteiger partial charge is 0.490 e. The molecule has 0 spiro atoms. The van der Waals surface area contributed by atoms with Gasteiger partial charge >= 0.3 is 5.97 Å². The molecule has 1 N–H and O–H groups in total. The number of ether oxygens (including phenoxy) is 2. The summed E-state index contributed by atoms with van der Waals surface area (Å²) >= 11 is 0. The van der Waals surface area contributed by atoms with Crippen molar-refractivity contribution in [1.29, 1.82) is 0 Å². The summed E-state index contributed by atoms with van der Waals surface area (Å²) in [6.07, 6.45) is 1.67. The number of carboxylic acids is 1. The maximum Gasteiger partial charge on any atom is 0.313 e. The maximum absolute atomic E-state index is 11.3. The summed E-state index contributed by atoms with van der Waals surface area (Å²) in [5, 5.41) is 9.27. The molecule has 0 atom stereocenters. The fourth-order valence-electron chi connectivity index (χ4n) is 2.06. The van der Waals surface area contributed by atoms with Crippen LogP contribution >= 0.6 is 0 Å². The van der Waals surface area contributed by atoms with Gasteiger partial charge in [0, 0.05) is 12.7 Å². The highest BCUT2D eigenvalue weighted by atomic mass is 16.5. The standard InChI is InChI=1S/C18H21NO4/c1-18(2,17(20)21)14-6-4-13(5-7-14)16-9-8-15(12-19-16)23-11-10-22-3/h4-9,12H,10-11H2,1-3H3,(H,20,21). The van der Waals surface area contributed by atoms with E-state index in [0.717, 1.165) is 16.8 Å². The molecule has 0 saturated heterocycles. The first-order valence-corrected chi connectivity index (χ1v) is 7.37. The zero-order chi connectivity index (χ0) is 16.9. The van der Waals surface area contributed by atoms with Gasteiger partial charge in [-0.05, 0) is 31.5 Å². The average Bonchev–Trinajstić information content (AvgIpc) is 2.56. The van der Waals surface area contributed by atoms with Crippen LogP contribution in [0.5, 0.6) is 5.75 Å². The van der Waals surface area contributed by atoms with Crippen LogP contribution in [0.1, 0.15) is 19.4 Å². The van der Waals surface area contributed by atoms with E-state index in [1.54, 1.807) is 27.2 Å². The van der Waals surface area contributed by atoms with Crippen molar-refractivity contribution in [3.05, 3.63) is 48.2 Å². The summed E-state index contributed by atoms with van der Waals surface area (Å²) in [7, 11) is 1.63. The Balaban J connectivity index is 2.12. The van der Waals surface area contributed by atoms with Gasteiger partial charge in [-0.2, -0.15) is 0 Å². The predicted octanol–water partition coefficient (Wildman–Crippen LogP) is 3.14. The molecule has 0 bridgehead atoms. The Labute approximate surface area is 135 Å². The minimum Gasteiger partial charge on any atom is -0.490 e. The van der Waals surface area contributed by atoms with Crippen LogP contribution in [0.2, 0.25) is 0 Å². The van der Waals surface area contributed by atoms with E-state index in [0.29, 0.717) is 19.0 Å². The highest BCUT2D eigenvalue weighted by Gasteiger charge is 2.29. The van der Waals surface area contributed by atoms with Crippen molar-refractivity contribution < 1.29 is 19.4 Å². The summed E-state index contributed by atoms with van der Waals surface area (Å²) in [4.78, 5) is 15.7. The van der Waals surface area contributed by atoms with E-state index in [1.807, 2.05) is 36.4 Å². The van der Waals surface area contributed by atoms with Crippen LogP contribution in [0.4, 0.5) is 0 Å². The second-order valence-corrected chi connectivity index (χ2v) is 5.73. The third-order valence-corrected chi connectivity index (χ3v) is 3.73. The van der Waals surface area contributed by atoms with Crippen LogP contribution < -0.4 is 4.74 Å². The summed E-state index contributed by atoms with van der Waals surface area (Å²) in [5.74, 6) is -0.157. The van der Waals surface area contributed by atoms with Crippen LogP contribution in [0, 0.1) is 0 Å². The summed E-state index contributed by atoms with van der Waals surface area (Å²) in [6.45, 7) is 4.39. The van der Waals surface area contributed by atoms with Gasteiger partial charge in [0.25, 0.3) is 0 Å². The predicted molar refractivity (Wildman–Crippen MR) is 87.7 cm³/mol. The number of carbonyl (C=O) groups is 1. The molecule has 0 amide bonds. The first-order chi connectivity index (χ1) is 10.9. The van der Waals surface area contributed by atoms with Gasteiger partial charge < -0.3 is 14.6 Å². The molecule has 0 unspecified atom stereocenters. The third-order valence-electron chi connectivity index (χ3n) is 3.73. The highest BCUT2D eigenvalue weighted by Crippen LogP contribution is 2.26. The molecule has 1 heterocycles. The van der Waals surface area contributed by atoms with Gasteiger partial charge in [-0.1, -0.05) is 24.3 Å². The Morgan fingerprint density at radius 1 is 1.13 bits per heavy atom. The fourth-order valence-corrected chi connectivity index (χ4v) is 2.06. The van der Waals surface area contributed by atoms with E-state index in [9.17, 15) is 9.90 Å². The number of pyridine rings is 1. The minimum absolute atomic E-state index is 0.483. The van der Waals surface area contributed by atoms with Crippen LogP contribution in [-0.4, -0.2) is 36.4 Å². The topological polar surface area (TPSA) is 68.7 Å². The average molecular weight is 315 g/mol. The molecule has 5 heteroatoms. The monoisotopic (exact) mass is 315 g/mol. The summed E-state index contributed by atoms with van der Waals surface area (Å²) in [5.41, 5.74) is 1.58. The van der Waals surface area contributed by atoms with Crippen molar-refractivity contribution in [3.63, 3.8) is 0 Å². The molecule has 23 heavy (non-hydrogen) atoms. The van der Waals surface area contributed by atoms with Crippen molar-refractivity contribution in [3.8, 4) is 17.0 Å². The lowest BCUT2D eigenvalue weighted by Gasteiger charge is -2.19. The van der Waals surface area contributed by atoms with E-state index in [1.165, 1.54) is 0 Å². The van der Waals surface area contributed by atoms with Crippen molar-refractivity contribution >= 4 is 5.97 Å². The van der Waals surface area contributed by atoms with Crippen LogP contribution in [0.15, 0.2) is 42.6 Å². The first-order valence-electron chi connectivity index (χ1n) is 7.37. The van der Waals surface area contributed by atoms with Crippen molar-refractivity contribution in [2.75, 3.05) is 20.3 Å². The number of hydrogen-bond acceptors (Lipinski definition) is 4. The quantitative estimate of drug-likeness (QED) is 0.795. The van der Waals surface area contributed by atoms with Crippen LogP contribution in [0.3, 0.4) is 0 Å². The van der Waals surface area contributed by atoms with Crippen molar-refractivity contribution in [2.45, 2.75) is 19.3 Å². The summed E-state index contributed by atoms with van der Waals surface area (Å²) < 4.78 is 10.4. The first kappa shape index (κ1) is 17.0. The highest BCUT2D eigenvalue weighted by molar-refractivity contribution is 5.80. The normalized spacial score (nSPS) is 11.3. The number of benzene rings is 1.